The maximum atomic E-state index is 13.1. The summed E-state index contributed by atoms with van der Waals surface area (Å²) in [6, 6.07) is 11.9. The van der Waals surface area contributed by atoms with Crippen molar-refractivity contribution in [2.24, 2.45) is 0 Å². The first kappa shape index (κ1) is 23.0. The second kappa shape index (κ2) is 10.6. The lowest BCUT2D eigenvalue weighted by atomic mass is 10.1. The number of carbonyl (C=O) groups excluding carboxylic acids is 1. The minimum Gasteiger partial charge on any atom is -0.493 e. The number of carbonyl (C=O) groups is 1. The molecule has 1 aliphatic heterocycles. The van der Waals surface area contributed by atoms with Gasteiger partial charge in [0.2, 0.25) is 11.0 Å². The van der Waals surface area contributed by atoms with E-state index in [0.717, 1.165) is 35.6 Å². The van der Waals surface area contributed by atoms with Crippen LogP contribution < -0.4 is 19.7 Å². The van der Waals surface area contributed by atoms with Crippen molar-refractivity contribution in [3.63, 3.8) is 0 Å². The molecule has 0 radical (unpaired) electrons. The number of anilines is 1. The molecule has 4 rings (SSSR count). The molecule has 1 N–H and O–H groups in total. The second-order valence-electron chi connectivity index (χ2n) is 7.88. The predicted octanol–water partition coefficient (Wildman–Crippen LogP) is 3.61. The quantitative estimate of drug-likeness (QED) is 0.515. The van der Waals surface area contributed by atoms with E-state index in [2.05, 4.69) is 14.7 Å². The lowest BCUT2D eigenvalue weighted by molar-refractivity contribution is -0.122. The highest BCUT2D eigenvalue weighted by Crippen LogP contribution is 2.29. The van der Waals surface area contributed by atoms with Crippen LogP contribution in [0.1, 0.15) is 29.8 Å². The van der Waals surface area contributed by atoms with Crippen LogP contribution in [0.3, 0.4) is 0 Å². The van der Waals surface area contributed by atoms with Crippen molar-refractivity contribution in [3.05, 3.63) is 65.2 Å². The van der Waals surface area contributed by atoms with E-state index in [9.17, 15) is 9.18 Å². The van der Waals surface area contributed by atoms with Crippen LogP contribution in [-0.2, 0) is 17.6 Å². The monoisotopic (exact) mass is 470 g/mol. The fourth-order valence-corrected chi connectivity index (χ4v) is 4.73. The summed E-state index contributed by atoms with van der Waals surface area (Å²) < 4.78 is 28.2. The van der Waals surface area contributed by atoms with Crippen molar-refractivity contribution in [1.82, 2.24) is 14.7 Å². The molecule has 1 aliphatic rings. The SMILES string of the molecule is COc1ccc(CCNC(=O)C2CCCN2c2nc(Cc3ccc(F)cc3)ns2)cc1OC. The maximum absolute atomic E-state index is 13.1. The predicted molar refractivity (Wildman–Crippen MR) is 126 cm³/mol. The van der Waals surface area contributed by atoms with Gasteiger partial charge in [0.25, 0.3) is 0 Å². The minimum atomic E-state index is -0.261. The molecule has 2 aromatic carbocycles. The third kappa shape index (κ3) is 5.60. The van der Waals surface area contributed by atoms with E-state index >= 15 is 0 Å². The first-order chi connectivity index (χ1) is 16.1. The van der Waals surface area contributed by atoms with E-state index in [1.807, 2.05) is 23.1 Å². The average Bonchev–Trinajstić information content (AvgIpc) is 3.50. The highest BCUT2D eigenvalue weighted by Gasteiger charge is 2.32. The van der Waals surface area contributed by atoms with Crippen LogP contribution in [0, 0.1) is 5.82 Å². The summed E-state index contributed by atoms with van der Waals surface area (Å²) in [4.78, 5) is 19.6. The van der Waals surface area contributed by atoms with Crippen LogP contribution in [0.2, 0.25) is 0 Å². The van der Waals surface area contributed by atoms with Gasteiger partial charge in [0, 0.05) is 31.0 Å². The van der Waals surface area contributed by atoms with Gasteiger partial charge in [0.15, 0.2) is 11.5 Å². The third-order valence-corrected chi connectivity index (χ3v) is 6.49. The summed E-state index contributed by atoms with van der Waals surface area (Å²) >= 11 is 1.30. The van der Waals surface area contributed by atoms with Crippen molar-refractivity contribution in [2.45, 2.75) is 31.7 Å². The summed E-state index contributed by atoms with van der Waals surface area (Å²) in [5, 5.41) is 3.81. The number of methoxy groups -OCH3 is 2. The highest BCUT2D eigenvalue weighted by molar-refractivity contribution is 7.09. The maximum Gasteiger partial charge on any atom is 0.242 e. The molecule has 1 atom stereocenters. The van der Waals surface area contributed by atoms with Gasteiger partial charge >= 0.3 is 0 Å². The number of nitrogens with zero attached hydrogens (tertiary/aromatic N) is 3. The topological polar surface area (TPSA) is 76.6 Å². The molecular weight excluding hydrogens is 443 g/mol. The fourth-order valence-electron chi connectivity index (χ4n) is 3.97. The molecule has 0 aliphatic carbocycles. The van der Waals surface area contributed by atoms with Gasteiger partial charge in [-0.15, -0.1) is 0 Å². The summed E-state index contributed by atoms with van der Waals surface area (Å²) in [5.74, 6) is 1.78. The normalized spacial score (nSPS) is 15.5. The van der Waals surface area contributed by atoms with Gasteiger partial charge in [-0.2, -0.15) is 4.37 Å². The number of benzene rings is 2. The largest absolute Gasteiger partial charge is 0.493 e. The van der Waals surface area contributed by atoms with Crippen LogP contribution >= 0.6 is 11.5 Å². The molecule has 1 amide bonds. The van der Waals surface area contributed by atoms with E-state index in [0.29, 0.717) is 36.7 Å². The van der Waals surface area contributed by atoms with Crippen LogP contribution in [0.4, 0.5) is 9.52 Å². The summed E-state index contributed by atoms with van der Waals surface area (Å²) in [6.45, 7) is 1.31. The van der Waals surface area contributed by atoms with Gasteiger partial charge < -0.3 is 19.7 Å². The Hall–Kier alpha value is -3.20. The highest BCUT2D eigenvalue weighted by atomic mass is 32.1. The summed E-state index contributed by atoms with van der Waals surface area (Å²) in [5.41, 5.74) is 2.01. The number of hydrogen-bond acceptors (Lipinski definition) is 7. The summed E-state index contributed by atoms with van der Waals surface area (Å²) in [6.07, 6.45) is 2.95. The fraction of sp³-hybridized carbons (Fsp3) is 0.375. The Morgan fingerprint density at radius 3 is 2.67 bits per heavy atom. The first-order valence-electron chi connectivity index (χ1n) is 10.9. The lowest BCUT2D eigenvalue weighted by Gasteiger charge is -2.22. The zero-order valence-electron chi connectivity index (χ0n) is 18.7. The van der Waals surface area contributed by atoms with Crippen LogP contribution in [0.15, 0.2) is 42.5 Å². The van der Waals surface area contributed by atoms with Gasteiger partial charge in [-0.25, -0.2) is 9.37 Å². The van der Waals surface area contributed by atoms with Crippen molar-refractivity contribution < 1.29 is 18.7 Å². The molecule has 174 valence electrons. The molecule has 1 fully saturated rings. The average molecular weight is 471 g/mol. The van der Waals surface area contributed by atoms with Gasteiger partial charge in [0.05, 0.1) is 14.2 Å². The lowest BCUT2D eigenvalue weighted by Crippen LogP contribution is -2.44. The zero-order chi connectivity index (χ0) is 23.2. The molecular formula is C24H27FN4O3S. The molecule has 1 aromatic heterocycles. The molecule has 0 spiro atoms. The van der Waals surface area contributed by atoms with Crippen molar-refractivity contribution in [3.8, 4) is 11.5 Å². The number of amides is 1. The number of rotatable bonds is 9. The van der Waals surface area contributed by atoms with E-state index in [1.54, 1.807) is 26.4 Å². The van der Waals surface area contributed by atoms with Gasteiger partial charge in [-0.1, -0.05) is 18.2 Å². The molecule has 1 unspecified atom stereocenters. The van der Waals surface area contributed by atoms with Crippen molar-refractivity contribution in [2.75, 3.05) is 32.2 Å². The van der Waals surface area contributed by atoms with Crippen LogP contribution in [0.25, 0.3) is 0 Å². The smallest absolute Gasteiger partial charge is 0.242 e. The van der Waals surface area contributed by atoms with Crippen LogP contribution in [0.5, 0.6) is 11.5 Å². The van der Waals surface area contributed by atoms with Crippen molar-refractivity contribution >= 4 is 22.6 Å². The Labute approximate surface area is 196 Å². The Balaban J connectivity index is 1.33. The summed E-state index contributed by atoms with van der Waals surface area (Å²) in [7, 11) is 3.21. The van der Waals surface area contributed by atoms with E-state index < -0.39 is 0 Å². The number of nitrogens with one attached hydrogen (secondary N) is 1. The standard InChI is InChI=1S/C24H27FN4O3S/c1-31-20-10-7-17(14-21(20)32-2)11-12-26-23(30)19-4-3-13-29(19)24-27-22(28-33-24)15-16-5-8-18(25)9-6-16/h5-10,14,19H,3-4,11-13,15H2,1-2H3,(H,26,30). The number of ether oxygens (including phenoxy) is 2. The molecule has 2 heterocycles. The second-order valence-corrected chi connectivity index (χ2v) is 8.61. The zero-order valence-corrected chi connectivity index (χ0v) is 19.5. The van der Waals surface area contributed by atoms with Crippen molar-refractivity contribution in [1.29, 1.82) is 0 Å². The Morgan fingerprint density at radius 2 is 1.91 bits per heavy atom. The molecule has 0 bridgehead atoms. The minimum absolute atomic E-state index is 0.00302. The number of hydrogen-bond donors (Lipinski definition) is 1. The molecule has 1 saturated heterocycles. The molecule has 3 aromatic rings. The number of aromatic nitrogens is 2. The van der Waals surface area contributed by atoms with E-state index in [-0.39, 0.29) is 17.8 Å². The van der Waals surface area contributed by atoms with E-state index in [4.69, 9.17) is 9.47 Å². The molecule has 7 nitrogen and oxygen atoms in total. The third-order valence-electron chi connectivity index (χ3n) is 5.69. The first-order valence-corrected chi connectivity index (χ1v) is 11.7. The Morgan fingerprint density at radius 1 is 1.15 bits per heavy atom. The molecule has 0 saturated carbocycles. The van der Waals surface area contributed by atoms with Gasteiger partial charge in [-0.05, 0) is 54.7 Å². The van der Waals surface area contributed by atoms with Crippen LogP contribution in [-0.4, -0.2) is 48.6 Å². The molecule has 9 heteroatoms. The number of halogens is 1. The van der Waals surface area contributed by atoms with Gasteiger partial charge in [-0.3, -0.25) is 4.79 Å². The van der Waals surface area contributed by atoms with Gasteiger partial charge in [0.1, 0.15) is 17.7 Å². The Bertz CT molecular complexity index is 1090. The Kier molecular flexibility index (Phi) is 7.39. The molecule has 33 heavy (non-hydrogen) atoms. The van der Waals surface area contributed by atoms with E-state index in [1.165, 1.54) is 23.7 Å².